The summed E-state index contributed by atoms with van der Waals surface area (Å²) in [6.45, 7) is 4.72. The van der Waals surface area contributed by atoms with Crippen LogP contribution < -0.4 is 10.6 Å². The first-order valence-electron chi connectivity index (χ1n) is 5.47. The zero-order chi connectivity index (χ0) is 12.0. The maximum absolute atomic E-state index is 6.18. The molecule has 0 aliphatic rings. The van der Waals surface area contributed by atoms with E-state index in [1.165, 1.54) is 0 Å². The third kappa shape index (κ3) is 3.37. The van der Waals surface area contributed by atoms with E-state index in [0.717, 1.165) is 29.4 Å². The Morgan fingerprint density at radius 2 is 2.19 bits per heavy atom. The average molecular weight is 243 g/mol. The topological polar surface area (TPSA) is 38.5 Å². The van der Waals surface area contributed by atoms with Crippen molar-refractivity contribution in [2.75, 3.05) is 31.7 Å². The van der Waals surface area contributed by atoms with Gasteiger partial charge in [0.05, 0.1) is 17.3 Å². The van der Waals surface area contributed by atoms with Crippen LogP contribution >= 0.6 is 11.6 Å². The van der Waals surface area contributed by atoms with Crippen LogP contribution in [0.25, 0.3) is 0 Å². The summed E-state index contributed by atoms with van der Waals surface area (Å²) >= 11 is 6.18. The quantitative estimate of drug-likeness (QED) is 0.778. The summed E-state index contributed by atoms with van der Waals surface area (Å²) in [5, 5.41) is 0.738. The second kappa shape index (κ2) is 6.74. The predicted molar refractivity (Wildman–Crippen MR) is 69.1 cm³/mol. The largest absolute Gasteiger partial charge is 0.380 e. The lowest BCUT2D eigenvalue weighted by molar-refractivity contribution is 0.154. The SMILES string of the molecule is CCOCCN(C)c1c(Cl)cccc1CN. The lowest BCUT2D eigenvalue weighted by Crippen LogP contribution is -2.24. The van der Waals surface area contributed by atoms with Gasteiger partial charge >= 0.3 is 0 Å². The van der Waals surface area contributed by atoms with E-state index in [9.17, 15) is 0 Å². The summed E-state index contributed by atoms with van der Waals surface area (Å²) in [6.07, 6.45) is 0. The molecule has 0 aliphatic heterocycles. The molecule has 4 heteroatoms. The molecule has 0 fully saturated rings. The molecular weight excluding hydrogens is 224 g/mol. The summed E-state index contributed by atoms with van der Waals surface area (Å²) in [5.74, 6) is 0. The van der Waals surface area contributed by atoms with E-state index >= 15 is 0 Å². The zero-order valence-corrected chi connectivity index (χ0v) is 10.6. The minimum Gasteiger partial charge on any atom is -0.380 e. The molecule has 0 spiro atoms. The van der Waals surface area contributed by atoms with Crippen molar-refractivity contribution < 1.29 is 4.74 Å². The summed E-state index contributed by atoms with van der Waals surface area (Å²) in [6, 6.07) is 5.80. The van der Waals surface area contributed by atoms with Gasteiger partial charge in [0.2, 0.25) is 0 Å². The first-order chi connectivity index (χ1) is 7.70. The number of nitrogens with zero attached hydrogens (tertiary/aromatic N) is 1. The second-order valence-electron chi connectivity index (χ2n) is 3.57. The molecule has 0 aromatic heterocycles. The third-order valence-corrected chi connectivity index (χ3v) is 2.75. The van der Waals surface area contributed by atoms with Crippen molar-refractivity contribution in [3.63, 3.8) is 0 Å². The van der Waals surface area contributed by atoms with Gasteiger partial charge in [0.25, 0.3) is 0 Å². The summed E-state index contributed by atoms with van der Waals surface area (Å²) < 4.78 is 5.32. The van der Waals surface area contributed by atoms with Crippen LogP contribution in [0.15, 0.2) is 18.2 Å². The van der Waals surface area contributed by atoms with Gasteiger partial charge in [-0.25, -0.2) is 0 Å². The van der Waals surface area contributed by atoms with Crippen LogP contribution in [0.2, 0.25) is 5.02 Å². The fourth-order valence-electron chi connectivity index (χ4n) is 1.61. The van der Waals surface area contributed by atoms with E-state index in [-0.39, 0.29) is 0 Å². The Labute approximate surface area is 102 Å². The number of hydrogen-bond donors (Lipinski definition) is 1. The maximum atomic E-state index is 6.18. The Bertz CT molecular complexity index is 331. The van der Waals surface area contributed by atoms with Crippen molar-refractivity contribution in [1.82, 2.24) is 0 Å². The van der Waals surface area contributed by atoms with Gasteiger partial charge in [0.15, 0.2) is 0 Å². The summed E-state index contributed by atoms with van der Waals surface area (Å²) in [7, 11) is 2.00. The number of rotatable bonds is 6. The average Bonchev–Trinajstić information content (AvgIpc) is 2.28. The third-order valence-electron chi connectivity index (χ3n) is 2.45. The molecule has 90 valence electrons. The van der Waals surface area contributed by atoms with E-state index < -0.39 is 0 Å². The molecule has 0 amide bonds. The normalized spacial score (nSPS) is 10.5. The molecule has 1 aromatic rings. The van der Waals surface area contributed by atoms with Crippen molar-refractivity contribution in [2.45, 2.75) is 13.5 Å². The Morgan fingerprint density at radius 3 is 2.81 bits per heavy atom. The highest BCUT2D eigenvalue weighted by Crippen LogP contribution is 2.28. The van der Waals surface area contributed by atoms with Crippen LogP contribution in [0, 0.1) is 0 Å². The fourth-order valence-corrected chi connectivity index (χ4v) is 1.95. The Morgan fingerprint density at radius 1 is 1.44 bits per heavy atom. The number of hydrogen-bond acceptors (Lipinski definition) is 3. The predicted octanol–water partition coefficient (Wildman–Crippen LogP) is 2.27. The number of para-hydroxylation sites is 1. The number of benzene rings is 1. The van der Waals surface area contributed by atoms with E-state index in [1.54, 1.807) is 0 Å². The van der Waals surface area contributed by atoms with Gasteiger partial charge in [-0.3, -0.25) is 0 Å². The van der Waals surface area contributed by atoms with Crippen LogP contribution in [-0.4, -0.2) is 26.8 Å². The minimum atomic E-state index is 0.495. The Hall–Kier alpha value is -0.770. The van der Waals surface area contributed by atoms with Gasteiger partial charge in [0.1, 0.15) is 0 Å². The monoisotopic (exact) mass is 242 g/mol. The standard InChI is InChI=1S/C12H19ClN2O/c1-3-16-8-7-15(2)12-10(9-14)5-4-6-11(12)13/h4-6H,3,7-9,14H2,1-2H3. The van der Waals surface area contributed by atoms with Gasteiger partial charge in [-0.05, 0) is 18.6 Å². The highest BCUT2D eigenvalue weighted by molar-refractivity contribution is 6.33. The summed E-state index contributed by atoms with van der Waals surface area (Å²) in [4.78, 5) is 2.08. The molecule has 0 saturated heterocycles. The van der Waals surface area contributed by atoms with Crippen molar-refractivity contribution in [3.05, 3.63) is 28.8 Å². The van der Waals surface area contributed by atoms with Crippen molar-refractivity contribution in [2.24, 2.45) is 5.73 Å². The van der Waals surface area contributed by atoms with Gasteiger partial charge in [-0.1, -0.05) is 23.7 Å². The molecule has 0 unspecified atom stereocenters. The molecule has 2 N–H and O–H groups in total. The summed E-state index contributed by atoms with van der Waals surface area (Å²) in [5.41, 5.74) is 7.76. The number of nitrogens with two attached hydrogens (primary N) is 1. The Balaban J connectivity index is 2.76. The van der Waals surface area contributed by atoms with Gasteiger partial charge in [-0.2, -0.15) is 0 Å². The lowest BCUT2D eigenvalue weighted by atomic mass is 10.1. The van der Waals surface area contributed by atoms with Crippen molar-refractivity contribution >= 4 is 17.3 Å². The highest BCUT2D eigenvalue weighted by atomic mass is 35.5. The molecule has 1 rings (SSSR count). The van der Waals surface area contributed by atoms with Crippen LogP contribution in [0.5, 0.6) is 0 Å². The molecule has 0 saturated carbocycles. The van der Waals surface area contributed by atoms with Gasteiger partial charge in [0, 0.05) is 26.7 Å². The van der Waals surface area contributed by atoms with Crippen LogP contribution in [-0.2, 0) is 11.3 Å². The number of halogens is 1. The lowest BCUT2D eigenvalue weighted by Gasteiger charge is -2.23. The second-order valence-corrected chi connectivity index (χ2v) is 3.98. The molecule has 16 heavy (non-hydrogen) atoms. The van der Waals surface area contributed by atoms with E-state index in [2.05, 4.69) is 4.90 Å². The Kier molecular flexibility index (Phi) is 5.60. The van der Waals surface area contributed by atoms with E-state index in [4.69, 9.17) is 22.1 Å². The number of ether oxygens (including phenoxy) is 1. The number of likely N-dealkylation sites (N-methyl/N-ethyl adjacent to an activating group) is 1. The molecular formula is C12H19ClN2O. The first kappa shape index (κ1) is 13.3. The number of anilines is 1. The van der Waals surface area contributed by atoms with E-state index in [1.807, 2.05) is 32.2 Å². The fraction of sp³-hybridized carbons (Fsp3) is 0.500. The minimum absolute atomic E-state index is 0.495. The smallest absolute Gasteiger partial charge is 0.0642 e. The molecule has 0 bridgehead atoms. The zero-order valence-electron chi connectivity index (χ0n) is 9.87. The van der Waals surface area contributed by atoms with Crippen LogP contribution in [0.1, 0.15) is 12.5 Å². The van der Waals surface area contributed by atoms with Gasteiger partial charge < -0.3 is 15.4 Å². The molecule has 0 radical (unpaired) electrons. The molecule has 3 nitrogen and oxygen atoms in total. The molecule has 1 aromatic carbocycles. The van der Waals surface area contributed by atoms with Crippen LogP contribution in [0.3, 0.4) is 0 Å². The maximum Gasteiger partial charge on any atom is 0.0642 e. The molecule has 0 aliphatic carbocycles. The highest BCUT2D eigenvalue weighted by Gasteiger charge is 2.10. The van der Waals surface area contributed by atoms with Gasteiger partial charge in [-0.15, -0.1) is 0 Å². The molecule has 0 heterocycles. The van der Waals surface area contributed by atoms with Crippen molar-refractivity contribution in [1.29, 1.82) is 0 Å². The first-order valence-corrected chi connectivity index (χ1v) is 5.84. The van der Waals surface area contributed by atoms with Crippen LogP contribution in [0.4, 0.5) is 5.69 Å². The van der Waals surface area contributed by atoms with Crippen molar-refractivity contribution in [3.8, 4) is 0 Å². The van der Waals surface area contributed by atoms with E-state index in [0.29, 0.717) is 13.2 Å². The molecule has 0 atom stereocenters.